The number of hydrogen-bond donors (Lipinski definition) is 1. The molecule has 0 aliphatic heterocycles. The van der Waals surface area contributed by atoms with Gasteiger partial charge in [0.05, 0.1) is 6.42 Å². The van der Waals surface area contributed by atoms with Gasteiger partial charge in [0.15, 0.2) is 0 Å². The average molecular weight is 244 g/mol. The third-order valence-electron chi connectivity index (χ3n) is 2.68. The molecule has 0 aromatic heterocycles. The molecule has 0 radical (unpaired) electrons. The predicted octanol–water partition coefficient (Wildman–Crippen LogP) is 3.24. The highest BCUT2D eigenvalue weighted by atomic mass is 32.1. The Balaban J connectivity index is 2.24. The Hall–Kier alpha value is -1.74. The van der Waals surface area contributed by atoms with Crippen LogP contribution in [0.25, 0.3) is 5.57 Å². The van der Waals surface area contributed by atoms with Crippen LogP contribution in [0.4, 0.5) is 0 Å². The fourth-order valence-corrected chi connectivity index (χ4v) is 2.11. The van der Waals surface area contributed by atoms with E-state index < -0.39 is 5.97 Å². The van der Waals surface area contributed by atoms with Crippen molar-refractivity contribution in [2.45, 2.75) is 12.8 Å². The number of thiocarbonyl (C=S) groups is 1. The van der Waals surface area contributed by atoms with Crippen LogP contribution >= 0.6 is 12.2 Å². The van der Waals surface area contributed by atoms with E-state index >= 15 is 0 Å². The van der Waals surface area contributed by atoms with Crippen molar-refractivity contribution >= 4 is 28.6 Å². The van der Waals surface area contributed by atoms with Crippen LogP contribution in [0.3, 0.4) is 0 Å². The molecule has 1 aliphatic rings. The Bertz CT molecular complexity index is 512. The molecule has 0 bridgehead atoms. The number of carboxylic acids is 1. The molecule has 0 fully saturated rings. The van der Waals surface area contributed by atoms with Crippen LogP contribution in [-0.4, -0.2) is 15.9 Å². The highest BCUT2D eigenvalue weighted by Gasteiger charge is 2.15. The highest BCUT2D eigenvalue weighted by molar-refractivity contribution is 7.80. The largest absolute Gasteiger partial charge is 0.481 e. The van der Waals surface area contributed by atoms with E-state index in [0.29, 0.717) is 6.42 Å². The van der Waals surface area contributed by atoms with Crippen LogP contribution in [0, 0.1) is 0 Å². The topological polar surface area (TPSA) is 37.3 Å². The summed E-state index contributed by atoms with van der Waals surface area (Å²) in [5.41, 5.74) is 3.03. The number of allylic oxidation sites excluding steroid dienone is 3. The Morgan fingerprint density at radius 3 is 2.53 bits per heavy atom. The Labute approximate surface area is 105 Å². The van der Waals surface area contributed by atoms with E-state index in [1.807, 2.05) is 42.5 Å². The molecule has 3 heteroatoms. The molecule has 1 N–H and O–H groups in total. The van der Waals surface area contributed by atoms with Gasteiger partial charge in [0.1, 0.15) is 0 Å². The van der Waals surface area contributed by atoms with Crippen molar-refractivity contribution in [1.29, 1.82) is 0 Å². The summed E-state index contributed by atoms with van der Waals surface area (Å²) in [4.78, 5) is 11.4. The maximum atomic E-state index is 10.6. The summed E-state index contributed by atoms with van der Waals surface area (Å²) < 4.78 is 0. The van der Waals surface area contributed by atoms with E-state index in [4.69, 9.17) is 17.3 Å². The monoisotopic (exact) mass is 244 g/mol. The summed E-state index contributed by atoms with van der Waals surface area (Å²) in [6.45, 7) is 0. The summed E-state index contributed by atoms with van der Waals surface area (Å²) in [6, 6.07) is 10.00. The lowest BCUT2D eigenvalue weighted by Gasteiger charge is -2.15. The highest BCUT2D eigenvalue weighted by Crippen LogP contribution is 2.26. The molecule has 17 heavy (non-hydrogen) atoms. The van der Waals surface area contributed by atoms with Gasteiger partial charge in [-0.05, 0) is 16.7 Å². The molecule has 1 aromatic rings. The van der Waals surface area contributed by atoms with E-state index in [1.165, 1.54) is 0 Å². The van der Waals surface area contributed by atoms with Crippen LogP contribution in [0.2, 0.25) is 0 Å². The van der Waals surface area contributed by atoms with Gasteiger partial charge in [-0.2, -0.15) is 0 Å². The molecule has 0 unspecified atom stereocenters. The smallest absolute Gasteiger partial charge is 0.307 e. The first-order chi connectivity index (χ1) is 8.16. The maximum absolute atomic E-state index is 10.6. The van der Waals surface area contributed by atoms with Crippen LogP contribution < -0.4 is 0 Å². The minimum Gasteiger partial charge on any atom is -0.481 e. The second-order valence-corrected chi connectivity index (χ2v) is 4.41. The number of carboxylic acid groups (broad SMARTS) is 1. The molecule has 2 rings (SSSR count). The van der Waals surface area contributed by atoms with Crippen LogP contribution in [0.5, 0.6) is 0 Å². The summed E-state index contributed by atoms with van der Waals surface area (Å²) in [5.74, 6) is -0.838. The van der Waals surface area contributed by atoms with Gasteiger partial charge in [0.25, 0.3) is 0 Å². The SMILES string of the molecule is O=C(O)CC1=CC=C(c2ccccc2)CC1=S. The van der Waals surface area contributed by atoms with Gasteiger partial charge in [-0.1, -0.05) is 54.7 Å². The summed E-state index contributed by atoms with van der Waals surface area (Å²) >= 11 is 5.25. The van der Waals surface area contributed by atoms with Crippen molar-refractivity contribution in [2.75, 3.05) is 0 Å². The molecule has 0 atom stereocenters. The zero-order valence-corrected chi connectivity index (χ0v) is 10.0. The third kappa shape index (κ3) is 2.88. The molecular formula is C14H12O2S. The van der Waals surface area contributed by atoms with Crippen molar-refractivity contribution in [3.63, 3.8) is 0 Å². The van der Waals surface area contributed by atoms with E-state index in [1.54, 1.807) is 0 Å². The fourth-order valence-electron chi connectivity index (χ4n) is 1.81. The van der Waals surface area contributed by atoms with Crippen molar-refractivity contribution in [3.05, 3.63) is 53.6 Å². The number of aliphatic carboxylic acids is 1. The van der Waals surface area contributed by atoms with Gasteiger partial charge in [-0.15, -0.1) is 0 Å². The standard InChI is InChI=1S/C14H12O2S/c15-14(16)9-12-7-6-11(8-13(12)17)10-4-2-1-3-5-10/h1-7H,8-9H2,(H,15,16). The maximum Gasteiger partial charge on any atom is 0.307 e. The molecule has 1 aromatic carbocycles. The van der Waals surface area contributed by atoms with Gasteiger partial charge in [-0.25, -0.2) is 0 Å². The average Bonchev–Trinajstić information content (AvgIpc) is 2.32. The lowest BCUT2D eigenvalue weighted by atomic mass is 9.92. The molecule has 0 spiro atoms. The van der Waals surface area contributed by atoms with Gasteiger partial charge in [0.2, 0.25) is 0 Å². The Kier molecular flexibility index (Phi) is 3.49. The van der Waals surface area contributed by atoms with Gasteiger partial charge >= 0.3 is 5.97 Å². The minimum absolute atomic E-state index is 0.0113. The number of carbonyl (C=O) groups is 1. The van der Waals surface area contributed by atoms with Gasteiger partial charge < -0.3 is 5.11 Å². The van der Waals surface area contributed by atoms with E-state index in [0.717, 1.165) is 21.6 Å². The predicted molar refractivity (Wildman–Crippen MR) is 72.0 cm³/mol. The molecule has 0 saturated heterocycles. The zero-order valence-electron chi connectivity index (χ0n) is 9.22. The van der Waals surface area contributed by atoms with Crippen LogP contribution in [0.15, 0.2) is 48.1 Å². The van der Waals surface area contributed by atoms with Crippen LogP contribution in [-0.2, 0) is 4.79 Å². The summed E-state index contributed by atoms with van der Waals surface area (Å²) in [5, 5.41) is 8.75. The van der Waals surface area contributed by atoms with Crippen molar-refractivity contribution in [3.8, 4) is 0 Å². The summed E-state index contributed by atoms with van der Waals surface area (Å²) in [6.07, 6.45) is 4.45. The quantitative estimate of drug-likeness (QED) is 0.829. The molecule has 2 nitrogen and oxygen atoms in total. The first-order valence-electron chi connectivity index (χ1n) is 5.37. The molecule has 0 saturated carbocycles. The molecular weight excluding hydrogens is 232 g/mol. The summed E-state index contributed by atoms with van der Waals surface area (Å²) in [7, 11) is 0. The Morgan fingerprint density at radius 1 is 1.24 bits per heavy atom. The molecule has 0 amide bonds. The zero-order chi connectivity index (χ0) is 12.3. The van der Waals surface area contributed by atoms with Crippen LogP contribution in [0.1, 0.15) is 18.4 Å². The van der Waals surface area contributed by atoms with Crippen molar-refractivity contribution in [1.82, 2.24) is 0 Å². The first-order valence-corrected chi connectivity index (χ1v) is 5.78. The van der Waals surface area contributed by atoms with Crippen molar-refractivity contribution < 1.29 is 9.90 Å². The van der Waals surface area contributed by atoms with E-state index in [-0.39, 0.29) is 6.42 Å². The fraction of sp³-hybridized carbons (Fsp3) is 0.143. The normalized spacial score (nSPS) is 15.2. The first kappa shape index (κ1) is 11.7. The number of rotatable bonds is 3. The second-order valence-electron chi connectivity index (χ2n) is 3.92. The van der Waals surface area contributed by atoms with Gasteiger partial charge in [0, 0.05) is 11.3 Å². The molecule has 86 valence electrons. The molecule has 0 heterocycles. The van der Waals surface area contributed by atoms with Crippen molar-refractivity contribution in [2.24, 2.45) is 0 Å². The number of benzene rings is 1. The van der Waals surface area contributed by atoms with E-state index in [9.17, 15) is 4.79 Å². The van der Waals surface area contributed by atoms with E-state index in [2.05, 4.69) is 0 Å². The lowest BCUT2D eigenvalue weighted by molar-refractivity contribution is -0.136. The lowest BCUT2D eigenvalue weighted by Crippen LogP contribution is -2.09. The molecule has 1 aliphatic carbocycles. The third-order valence-corrected chi connectivity index (χ3v) is 3.09. The van der Waals surface area contributed by atoms with Gasteiger partial charge in [-0.3, -0.25) is 4.79 Å². The Morgan fingerprint density at radius 2 is 1.94 bits per heavy atom. The number of hydrogen-bond acceptors (Lipinski definition) is 2. The second kappa shape index (κ2) is 5.06. The minimum atomic E-state index is -0.838.